The summed E-state index contributed by atoms with van der Waals surface area (Å²) in [7, 11) is -3.07. The van der Waals surface area contributed by atoms with Crippen LogP contribution in [0.4, 0.5) is 4.39 Å². The van der Waals surface area contributed by atoms with E-state index in [0.717, 1.165) is 36.8 Å². The van der Waals surface area contributed by atoms with Crippen molar-refractivity contribution in [2.24, 2.45) is 5.92 Å². The van der Waals surface area contributed by atoms with Crippen LogP contribution in [0.25, 0.3) is 11.1 Å². The number of esters is 1. The molecule has 2 atom stereocenters. The van der Waals surface area contributed by atoms with Gasteiger partial charge in [0.2, 0.25) is 0 Å². The predicted octanol–water partition coefficient (Wildman–Crippen LogP) is 6.06. The van der Waals surface area contributed by atoms with E-state index in [2.05, 4.69) is 31.2 Å². The Bertz CT molecular complexity index is 1670. The number of carbonyl (C=O) groups excluding carboxylic acids is 1. The van der Waals surface area contributed by atoms with Crippen molar-refractivity contribution in [2.45, 2.75) is 76.7 Å². The zero-order valence-corrected chi connectivity index (χ0v) is 26.3. The largest absolute Gasteiger partial charge is 0.491 e. The Morgan fingerprint density at radius 3 is 2.43 bits per heavy atom. The third-order valence-corrected chi connectivity index (χ3v) is 11.2. The summed E-state index contributed by atoms with van der Waals surface area (Å²) in [5, 5.41) is 10.9. The number of ether oxygens (including phenoxy) is 2. The van der Waals surface area contributed by atoms with Crippen molar-refractivity contribution in [3.05, 3.63) is 87.7 Å². The summed E-state index contributed by atoms with van der Waals surface area (Å²) < 4.78 is 49.8. The maximum absolute atomic E-state index is 15.0. The molecule has 6 rings (SSSR count). The van der Waals surface area contributed by atoms with Gasteiger partial charge in [-0.1, -0.05) is 30.3 Å². The maximum atomic E-state index is 15.0. The lowest BCUT2D eigenvalue weighted by Gasteiger charge is -2.31. The van der Waals surface area contributed by atoms with Crippen LogP contribution in [-0.2, 0) is 45.1 Å². The van der Waals surface area contributed by atoms with Gasteiger partial charge in [0.05, 0.1) is 24.0 Å². The predicted molar refractivity (Wildman–Crippen MR) is 168 cm³/mol. The second-order valence-corrected chi connectivity index (χ2v) is 15.1. The zero-order chi connectivity index (χ0) is 31.1. The van der Waals surface area contributed by atoms with Gasteiger partial charge in [-0.05, 0) is 128 Å². The quantitative estimate of drug-likeness (QED) is 0.293. The molecular weight excluding hydrogens is 579 g/mol. The van der Waals surface area contributed by atoms with Gasteiger partial charge in [0.15, 0.2) is 9.84 Å². The zero-order valence-electron chi connectivity index (χ0n) is 25.5. The molecule has 3 aromatic rings. The van der Waals surface area contributed by atoms with E-state index in [1.54, 1.807) is 13.0 Å². The molecule has 3 aromatic carbocycles. The highest BCUT2D eigenvalue weighted by molar-refractivity contribution is 7.91. The molecule has 234 valence electrons. The fraction of sp³-hybridized carbons (Fsp3) is 0.472. The first-order valence-corrected chi connectivity index (χ1v) is 17.6. The molecule has 0 spiro atoms. The van der Waals surface area contributed by atoms with Crippen LogP contribution >= 0.6 is 0 Å². The van der Waals surface area contributed by atoms with E-state index in [-0.39, 0.29) is 54.6 Å². The molecule has 8 heteroatoms. The maximum Gasteiger partial charge on any atom is 0.309 e. The van der Waals surface area contributed by atoms with Crippen LogP contribution in [-0.4, -0.2) is 49.8 Å². The Balaban J connectivity index is 1.14. The number of aliphatic hydroxyl groups is 1. The van der Waals surface area contributed by atoms with Crippen LogP contribution in [0.3, 0.4) is 0 Å². The molecule has 1 heterocycles. The normalized spacial score (nSPS) is 21.5. The van der Waals surface area contributed by atoms with Gasteiger partial charge >= 0.3 is 5.97 Å². The molecule has 3 aliphatic rings. The van der Waals surface area contributed by atoms with Gasteiger partial charge in [-0.2, -0.15) is 0 Å². The molecule has 1 saturated carbocycles. The Labute approximate surface area is 259 Å². The molecule has 1 saturated heterocycles. The Morgan fingerprint density at radius 1 is 1.00 bits per heavy atom. The van der Waals surface area contributed by atoms with Gasteiger partial charge in [0.25, 0.3) is 0 Å². The Hall–Kier alpha value is -3.23. The van der Waals surface area contributed by atoms with Crippen molar-refractivity contribution in [3.63, 3.8) is 0 Å². The van der Waals surface area contributed by atoms with Crippen LogP contribution in [0.2, 0.25) is 0 Å². The second kappa shape index (κ2) is 12.3. The Kier molecular flexibility index (Phi) is 8.59. The molecule has 0 bridgehead atoms. The second-order valence-electron chi connectivity index (χ2n) is 12.8. The number of fused-ring (bicyclic) bond motifs is 3. The number of rotatable bonds is 9. The summed E-state index contributed by atoms with van der Waals surface area (Å²) in [4.78, 5) is 12.0. The van der Waals surface area contributed by atoms with Crippen LogP contribution in [0.15, 0.2) is 48.5 Å². The minimum Gasteiger partial charge on any atom is -0.491 e. The van der Waals surface area contributed by atoms with E-state index in [1.807, 2.05) is 18.2 Å². The highest BCUT2D eigenvalue weighted by atomic mass is 32.2. The monoisotopic (exact) mass is 620 g/mol. The lowest BCUT2D eigenvalue weighted by molar-refractivity contribution is -0.144. The van der Waals surface area contributed by atoms with E-state index in [4.69, 9.17) is 9.47 Å². The summed E-state index contributed by atoms with van der Waals surface area (Å²) >= 11 is 0. The number of hydrogen-bond donors (Lipinski definition) is 1. The lowest BCUT2D eigenvalue weighted by atomic mass is 9.90. The van der Waals surface area contributed by atoms with Gasteiger partial charge < -0.3 is 14.6 Å². The third kappa shape index (κ3) is 6.71. The SMILES string of the molecule is CCOC(=O)[C@H]1C[C@@H]1c1ccc(CCc2ccc3c(c2)-c2c(C)cc(OCC4(O)CCS(=O)(=O)CC4)cc2CCC3)cc1F. The molecular formula is C36H41FO6S. The van der Waals surface area contributed by atoms with Crippen molar-refractivity contribution in [1.29, 1.82) is 0 Å². The van der Waals surface area contributed by atoms with Gasteiger partial charge in [0, 0.05) is 5.92 Å². The first-order valence-electron chi connectivity index (χ1n) is 15.8. The topological polar surface area (TPSA) is 89.9 Å². The van der Waals surface area contributed by atoms with Crippen molar-refractivity contribution in [1.82, 2.24) is 0 Å². The van der Waals surface area contributed by atoms with E-state index in [9.17, 15) is 18.3 Å². The molecule has 0 unspecified atom stereocenters. The van der Waals surface area contributed by atoms with E-state index in [1.165, 1.54) is 27.8 Å². The van der Waals surface area contributed by atoms with Crippen LogP contribution in [0.5, 0.6) is 5.75 Å². The number of carbonyl (C=O) groups is 1. The number of aryl methyl sites for hydroxylation is 5. The van der Waals surface area contributed by atoms with E-state index >= 15 is 4.39 Å². The number of benzene rings is 3. The fourth-order valence-electron chi connectivity index (χ4n) is 6.83. The first-order chi connectivity index (χ1) is 21.0. The smallest absolute Gasteiger partial charge is 0.309 e. The van der Waals surface area contributed by atoms with Gasteiger partial charge in [-0.3, -0.25) is 4.79 Å². The minimum absolute atomic E-state index is 0.00650. The molecule has 0 amide bonds. The average molecular weight is 621 g/mol. The fourth-order valence-corrected chi connectivity index (χ4v) is 8.42. The van der Waals surface area contributed by atoms with E-state index < -0.39 is 15.4 Å². The highest BCUT2D eigenvalue weighted by Crippen LogP contribution is 2.49. The van der Waals surface area contributed by atoms with Crippen LogP contribution in [0.1, 0.15) is 71.9 Å². The summed E-state index contributed by atoms with van der Waals surface area (Å²) in [6.45, 7) is 4.29. The average Bonchev–Trinajstić information content (AvgIpc) is 3.80. The van der Waals surface area contributed by atoms with Gasteiger partial charge in [0.1, 0.15) is 23.8 Å². The molecule has 6 nitrogen and oxygen atoms in total. The minimum atomic E-state index is -3.07. The molecule has 44 heavy (non-hydrogen) atoms. The molecule has 1 N–H and O–H groups in total. The van der Waals surface area contributed by atoms with Crippen molar-refractivity contribution in [3.8, 4) is 16.9 Å². The van der Waals surface area contributed by atoms with Crippen molar-refractivity contribution >= 4 is 15.8 Å². The van der Waals surface area contributed by atoms with Gasteiger partial charge in [-0.25, -0.2) is 12.8 Å². The first kappa shape index (κ1) is 30.8. The molecule has 1 aliphatic heterocycles. The number of halogens is 1. The summed E-state index contributed by atoms with van der Waals surface area (Å²) in [6.07, 6.45) is 5.46. The third-order valence-electron chi connectivity index (χ3n) is 9.54. The standard InChI is InChI=1S/C36H41FO6S/c1-3-42-35(38)32-21-31(32)29-12-10-25(19-33(29)37)8-7-24-9-11-26-5-4-6-27-20-28(17-23(2)34(27)30(26)18-24)43-22-36(39)13-15-44(40,41)16-14-36/h9-12,17-20,31-32,39H,3-8,13-16,21-22H2,1-2H3/t31-,32+/m1/s1. The van der Waals surface area contributed by atoms with Crippen molar-refractivity contribution in [2.75, 3.05) is 24.7 Å². The van der Waals surface area contributed by atoms with Gasteiger partial charge in [-0.15, -0.1) is 0 Å². The number of hydrogen-bond acceptors (Lipinski definition) is 6. The molecule has 2 fully saturated rings. The van der Waals surface area contributed by atoms with Crippen LogP contribution in [0, 0.1) is 18.7 Å². The summed E-state index contributed by atoms with van der Waals surface area (Å²) in [5.41, 5.74) is 7.71. The van der Waals surface area contributed by atoms with E-state index in [0.29, 0.717) is 30.8 Å². The summed E-state index contributed by atoms with van der Waals surface area (Å²) in [6, 6.07) is 16.2. The Morgan fingerprint density at radius 2 is 1.70 bits per heavy atom. The molecule has 2 aliphatic carbocycles. The lowest BCUT2D eigenvalue weighted by Crippen LogP contribution is -2.43. The van der Waals surface area contributed by atoms with Crippen LogP contribution < -0.4 is 4.74 Å². The highest BCUT2D eigenvalue weighted by Gasteiger charge is 2.46. The molecule has 0 aromatic heterocycles. The number of sulfone groups is 1. The van der Waals surface area contributed by atoms with Crippen molar-refractivity contribution < 1.29 is 32.2 Å². The summed E-state index contributed by atoms with van der Waals surface area (Å²) in [5.74, 6) is -0.105. The molecule has 0 radical (unpaired) electrons.